The van der Waals surface area contributed by atoms with Crippen LogP contribution >= 0.6 is 0 Å². The van der Waals surface area contributed by atoms with Crippen LogP contribution < -0.4 is 0 Å². The quantitative estimate of drug-likeness (QED) is 0.482. The zero-order chi connectivity index (χ0) is 4.71. The topological polar surface area (TPSA) is 20.2 Å². The van der Waals surface area contributed by atoms with Crippen LogP contribution in [0.4, 0.5) is 0 Å². The second-order valence-electron chi connectivity index (χ2n) is 0.316. The minimum Gasteiger partial charge on any atom is -0.397 e. The van der Waals surface area contributed by atoms with Gasteiger partial charge in [0.25, 0.3) is 0 Å². The fraction of sp³-hybridized carbons (Fsp3) is 1.00. The lowest BCUT2D eigenvalue weighted by atomic mass is 10.9. The molecule has 0 radical (unpaired) electrons. The Morgan fingerprint density at radius 2 is 1.33 bits per heavy atom. The number of hydrogen-bond acceptors (Lipinski definition) is 1. The molecule has 0 aliphatic carbocycles. The Labute approximate surface area is 41.0 Å². The molecule has 0 bridgehead atoms. The highest BCUT2D eigenvalue weighted by Crippen LogP contribution is 1.30. The molecule has 0 unspecified atom stereocenters. The van der Waals surface area contributed by atoms with E-state index in [4.69, 9.17) is 5.11 Å². The van der Waals surface area contributed by atoms with E-state index in [2.05, 4.69) is 0 Å². The third-order valence-electron chi connectivity index (χ3n) is 0. The predicted octanol–water partition coefficient (Wildman–Crippen LogP) is 1.66. The summed E-state index contributed by atoms with van der Waals surface area (Å²) in [7, 11) is 0. The van der Waals surface area contributed by atoms with Gasteiger partial charge in [0.05, 0.1) is 0 Å². The number of aliphatic hydroxyl groups excluding tert-OH is 1. The van der Waals surface area contributed by atoms with Crippen LogP contribution in [-0.2, 0) is 0 Å². The number of rotatable bonds is 0. The van der Waals surface area contributed by atoms with Gasteiger partial charge in [0.2, 0.25) is 0 Å². The van der Waals surface area contributed by atoms with Crippen molar-refractivity contribution in [2.24, 2.45) is 0 Å². The standard InChI is InChI=1S/C2H6O.C2H6.CH4/c1-2-3;1-2;/h3H,2H2,1H3;1-2H3;1H4. The van der Waals surface area contributed by atoms with E-state index in [1.54, 1.807) is 6.92 Å². The van der Waals surface area contributed by atoms with Crippen molar-refractivity contribution >= 4 is 0 Å². The largest absolute Gasteiger partial charge is 0.397 e. The Balaban J connectivity index is -0.0000000275. The summed E-state index contributed by atoms with van der Waals surface area (Å²) in [5.41, 5.74) is 0. The van der Waals surface area contributed by atoms with Gasteiger partial charge in [0, 0.05) is 6.61 Å². The zero-order valence-corrected chi connectivity index (χ0v) is 4.15. The Morgan fingerprint density at radius 1 is 1.33 bits per heavy atom. The first-order chi connectivity index (χ1) is 2.41. The molecule has 0 spiro atoms. The zero-order valence-electron chi connectivity index (χ0n) is 4.15. The molecule has 1 N–H and O–H groups in total. The fourth-order valence-electron chi connectivity index (χ4n) is 0. The van der Waals surface area contributed by atoms with Gasteiger partial charge in [-0.25, -0.2) is 0 Å². The van der Waals surface area contributed by atoms with Crippen LogP contribution in [0, 0.1) is 0 Å². The lowest BCUT2D eigenvalue weighted by Crippen LogP contribution is -1.57. The molecule has 0 aromatic rings. The molecule has 0 fully saturated rings. The summed E-state index contributed by atoms with van der Waals surface area (Å²) < 4.78 is 0. The van der Waals surface area contributed by atoms with Crippen LogP contribution in [0.25, 0.3) is 0 Å². The molecule has 0 saturated heterocycles. The van der Waals surface area contributed by atoms with Gasteiger partial charge in [-0.15, -0.1) is 0 Å². The molecule has 0 aromatic carbocycles. The lowest BCUT2D eigenvalue weighted by Gasteiger charge is -1.52. The second-order valence-corrected chi connectivity index (χ2v) is 0.316. The van der Waals surface area contributed by atoms with Gasteiger partial charge in [0.15, 0.2) is 0 Å². The van der Waals surface area contributed by atoms with Gasteiger partial charge in [0.1, 0.15) is 0 Å². The summed E-state index contributed by atoms with van der Waals surface area (Å²) >= 11 is 0. The van der Waals surface area contributed by atoms with E-state index in [0.29, 0.717) is 0 Å². The normalized spacial score (nSPS) is 4.00. The van der Waals surface area contributed by atoms with Gasteiger partial charge in [-0.2, -0.15) is 0 Å². The molecule has 42 valence electrons. The fourth-order valence-corrected chi connectivity index (χ4v) is 0. The minimum absolute atomic E-state index is 0. The molecular weight excluding hydrogens is 76.1 g/mol. The molecule has 0 amide bonds. The first-order valence-corrected chi connectivity index (χ1v) is 2.02. The van der Waals surface area contributed by atoms with E-state index < -0.39 is 0 Å². The third kappa shape index (κ3) is 21700. The molecule has 0 heterocycles. The van der Waals surface area contributed by atoms with Crippen LogP contribution in [-0.4, -0.2) is 11.7 Å². The second kappa shape index (κ2) is 84.4. The monoisotopic (exact) mass is 92.1 g/mol. The van der Waals surface area contributed by atoms with Gasteiger partial charge in [-0.1, -0.05) is 21.3 Å². The van der Waals surface area contributed by atoms with Crippen molar-refractivity contribution in [3.8, 4) is 0 Å². The molecule has 0 aromatic heterocycles. The Bertz CT molecular complexity index is 3.90. The maximum absolute atomic E-state index is 7.57. The van der Waals surface area contributed by atoms with Crippen molar-refractivity contribution in [3.05, 3.63) is 0 Å². The molecule has 0 rings (SSSR count). The summed E-state index contributed by atoms with van der Waals surface area (Å²) in [6.45, 7) is 5.93. The van der Waals surface area contributed by atoms with E-state index in [1.807, 2.05) is 13.8 Å². The maximum Gasteiger partial charge on any atom is 0.0402 e. The summed E-state index contributed by atoms with van der Waals surface area (Å²) in [6, 6.07) is 0. The average Bonchev–Trinajstić information content (AvgIpc) is 1.46. The first kappa shape index (κ1) is 16.7. The van der Waals surface area contributed by atoms with Crippen LogP contribution in [0.15, 0.2) is 0 Å². The van der Waals surface area contributed by atoms with E-state index in [0.717, 1.165) is 0 Å². The van der Waals surface area contributed by atoms with Crippen molar-refractivity contribution in [3.63, 3.8) is 0 Å². The molecule has 0 atom stereocenters. The molecule has 0 aliphatic rings. The molecule has 1 nitrogen and oxygen atoms in total. The highest BCUT2D eigenvalue weighted by molar-refractivity contribution is 3.84. The SMILES string of the molecule is C.CC.CCO. The van der Waals surface area contributed by atoms with E-state index in [1.165, 1.54) is 0 Å². The Hall–Kier alpha value is -0.0400. The van der Waals surface area contributed by atoms with E-state index in [9.17, 15) is 0 Å². The Kier molecular flexibility index (Phi) is 235. The summed E-state index contributed by atoms with van der Waals surface area (Å²) in [6.07, 6.45) is 0. The molecular formula is C5H16O. The summed E-state index contributed by atoms with van der Waals surface area (Å²) in [5, 5.41) is 7.57. The molecule has 0 saturated carbocycles. The smallest absolute Gasteiger partial charge is 0.0402 e. The van der Waals surface area contributed by atoms with Crippen molar-refractivity contribution < 1.29 is 5.11 Å². The van der Waals surface area contributed by atoms with Crippen LogP contribution in [0.1, 0.15) is 28.2 Å². The van der Waals surface area contributed by atoms with Crippen molar-refractivity contribution in [1.82, 2.24) is 0 Å². The van der Waals surface area contributed by atoms with Gasteiger partial charge >= 0.3 is 0 Å². The highest BCUT2D eigenvalue weighted by atomic mass is 16.2. The Morgan fingerprint density at radius 3 is 1.33 bits per heavy atom. The predicted molar refractivity (Wildman–Crippen MR) is 30.8 cm³/mol. The van der Waals surface area contributed by atoms with Gasteiger partial charge in [-0.3, -0.25) is 0 Å². The third-order valence-corrected chi connectivity index (χ3v) is 0. The van der Waals surface area contributed by atoms with Crippen LogP contribution in [0.5, 0.6) is 0 Å². The first-order valence-electron chi connectivity index (χ1n) is 2.02. The average molecular weight is 92.2 g/mol. The molecule has 1 heteroatoms. The van der Waals surface area contributed by atoms with E-state index in [-0.39, 0.29) is 14.0 Å². The summed E-state index contributed by atoms with van der Waals surface area (Å²) in [5.74, 6) is 0. The molecule has 0 aliphatic heterocycles. The van der Waals surface area contributed by atoms with Gasteiger partial charge in [-0.05, 0) is 6.92 Å². The lowest BCUT2D eigenvalue weighted by molar-refractivity contribution is 0.318. The van der Waals surface area contributed by atoms with E-state index >= 15 is 0 Å². The van der Waals surface area contributed by atoms with Crippen molar-refractivity contribution in [1.29, 1.82) is 0 Å². The summed E-state index contributed by atoms with van der Waals surface area (Å²) in [4.78, 5) is 0. The highest BCUT2D eigenvalue weighted by Gasteiger charge is 1.34. The van der Waals surface area contributed by atoms with Crippen LogP contribution in [0.2, 0.25) is 0 Å². The number of aliphatic hydroxyl groups is 1. The minimum atomic E-state index is 0. The van der Waals surface area contributed by atoms with Crippen molar-refractivity contribution in [2.45, 2.75) is 28.2 Å². The van der Waals surface area contributed by atoms with Gasteiger partial charge < -0.3 is 5.11 Å². The van der Waals surface area contributed by atoms with Crippen molar-refractivity contribution in [2.75, 3.05) is 6.61 Å². The maximum atomic E-state index is 7.57. The van der Waals surface area contributed by atoms with Crippen LogP contribution in [0.3, 0.4) is 0 Å². The molecule has 6 heavy (non-hydrogen) atoms. The number of hydrogen-bond donors (Lipinski definition) is 1.